The Balaban J connectivity index is 2.14. The van der Waals surface area contributed by atoms with E-state index in [2.05, 4.69) is 4.98 Å². The van der Waals surface area contributed by atoms with E-state index in [0.29, 0.717) is 16.5 Å². The van der Waals surface area contributed by atoms with Crippen molar-refractivity contribution in [1.29, 1.82) is 0 Å². The van der Waals surface area contributed by atoms with Gasteiger partial charge in [-0.15, -0.1) is 0 Å². The van der Waals surface area contributed by atoms with Crippen molar-refractivity contribution in [2.24, 2.45) is 0 Å². The molecule has 1 aromatic carbocycles. The molecule has 0 fully saturated rings. The second-order valence-corrected chi connectivity index (χ2v) is 4.27. The minimum Gasteiger partial charge on any atom is -0.294 e. The predicted octanol–water partition coefficient (Wildman–Crippen LogP) is 4.15. The third-order valence-electron chi connectivity index (χ3n) is 2.81. The summed E-state index contributed by atoms with van der Waals surface area (Å²) >= 11 is 0. The number of benzene rings is 1. The van der Waals surface area contributed by atoms with Crippen molar-refractivity contribution in [3.63, 3.8) is 0 Å². The van der Waals surface area contributed by atoms with E-state index in [9.17, 15) is 18.0 Å². The van der Waals surface area contributed by atoms with Gasteiger partial charge in [-0.3, -0.25) is 9.78 Å². The summed E-state index contributed by atoms with van der Waals surface area (Å²) in [5.41, 5.74) is 1.11. The molecule has 2 aromatic rings. The Morgan fingerprint density at radius 3 is 2.68 bits per heavy atom. The molecule has 1 heterocycles. The van der Waals surface area contributed by atoms with Gasteiger partial charge in [0.15, 0.2) is 5.78 Å². The molecule has 0 bridgehead atoms. The smallest absolute Gasteiger partial charge is 0.294 e. The van der Waals surface area contributed by atoms with Crippen LogP contribution in [0.5, 0.6) is 0 Å². The Labute approximate surface area is 108 Å². The molecule has 2 rings (SSSR count). The average Bonchev–Trinajstić information content (AvgIpc) is 2.36. The minimum absolute atomic E-state index is 0.104. The van der Waals surface area contributed by atoms with Gasteiger partial charge in [0.05, 0.1) is 5.52 Å². The van der Waals surface area contributed by atoms with Gasteiger partial charge in [-0.2, -0.15) is 13.2 Å². The number of hydrogen-bond donors (Lipinski definition) is 0. The summed E-state index contributed by atoms with van der Waals surface area (Å²) in [7, 11) is 0. The van der Waals surface area contributed by atoms with E-state index >= 15 is 0 Å². The lowest BCUT2D eigenvalue weighted by Crippen LogP contribution is -2.08. The van der Waals surface area contributed by atoms with E-state index in [1.807, 2.05) is 0 Å². The number of halogens is 3. The second kappa shape index (κ2) is 5.38. The first-order valence-corrected chi connectivity index (χ1v) is 5.91. The molecule has 0 amide bonds. The summed E-state index contributed by atoms with van der Waals surface area (Å²) in [6.45, 7) is 0. The second-order valence-electron chi connectivity index (χ2n) is 4.27. The monoisotopic (exact) mass is 267 g/mol. The minimum atomic E-state index is -4.21. The molecule has 0 aliphatic rings. The summed E-state index contributed by atoms with van der Waals surface area (Å²) < 4.78 is 36.1. The first kappa shape index (κ1) is 13.5. The number of alkyl halides is 3. The maximum atomic E-state index is 12.0. The molecule has 100 valence electrons. The van der Waals surface area contributed by atoms with Crippen molar-refractivity contribution in [3.8, 4) is 0 Å². The van der Waals surface area contributed by atoms with Crippen molar-refractivity contribution in [2.45, 2.75) is 25.4 Å². The van der Waals surface area contributed by atoms with Gasteiger partial charge >= 0.3 is 6.18 Å². The van der Waals surface area contributed by atoms with Crippen LogP contribution < -0.4 is 0 Å². The number of aromatic nitrogens is 1. The highest BCUT2D eigenvalue weighted by atomic mass is 19.4. The lowest BCUT2D eigenvalue weighted by Gasteiger charge is -2.07. The lowest BCUT2D eigenvalue weighted by atomic mass is 10.0. The number of hydrogen-bond acceptors (Lipinski definition) is 2. The summed E-state index contributed by atoms with van der Waals surface area (Å²) in [5.74, 6) is -0.275. The fraction of sp³-hybridized carbons (Fsp3) is 0.286. The molecule has 2 nitrogen and oxygen atoms in total. The highest BCUT2D eigenvalue weighted by Crippen LogP contribution is 2.24. The van der Waals surface area contributed by atoms with E-state index < -0.39 is 12.6 Å². The van der Waals surface area contributed by atoms with Crippen LogP contribution in [0.1, 0.15) is 29.6 Å². The largest absolute Gasteiger partial charge is 0.389 e. The highest BCUT2D eigenvalue weighted by molar-refractivity contribution is 6.07. The van der Waals surface area contributed by atoms with Crippen molar-refractivity contribution < 1.29 is 18.0 Å². The third kappa shape index (κ3) is 3.53. The van der Waals surface area contributed by atoms with Crippen molar-refractivity contribution in [1.82, 2.24) is 4.98 Å². The van der Waals surface area contributed by atoms with Crippen LogP contribution in [0.25, 0.3) is 10.9 Å². The van der Waals surface area contributed by atoms with Crippen LogP contribution in [-0.2, 0) is 0 Å². The van der Waals surface area contributed by atoms with Gasteiger partial charge in [-0.1, -0.05) is 18.2 Å². The van der Waals surface area contributed by atoms with Crippen molar-refractivity contribution >= 4 is 16.7 Å². The number of Topliss-reactive ketones (excluding diaryl/α,β-unsaturated/α-hetero) is 1. The number of nitrogens with zero attached hydrogens (tertiary/aromatic N) is 1. The topological polar surface area (TPSA) is 30.0 Å². The lowest BCUT2D eigenvalue weighted by molar-refractivity contribution is -0.135. The molecule has 0 aliphatic heterocycles. The molecule has 0 N–H and O–H groups in total. The van der Waals surface area contributed by atoms with Crippen LogP contribution in [0, 0.1) is 0 Å². The van der Waals surface area contributed by atoms with Gasteiger partial charge in [-0.25, -0.2) is 0 Å². The van der Waals surface area contributed by atoms with Gasteiger partial charge < -0.3 is 0 Å². The Morgan fingerprint density at radius 2 is 1.95 bits per heavy atom. The van der Waals surface area contributed by atoms with Crippen LogP contribution in [0.2, 0.25) is 0 Å². The Morgan fingerprint density at radius 1 is 1.16 bits per heavy atom. The van der Waals surface area contributed by atoms with Gasteiger partial charge in [-0.05, 0) is 18.6 Å². The quantitative estimate of drug-likeness (QED) is 0.779. The van der Waals surface area contributed by atoms with E-state index in [4.69, 9.17) is 0 Å². The highest BCUT2D eigenvalue weighted by Gasteiger charge is 2.26. The van der Waals surface area contributed by atoms with Crippen LogP contribution in [-0.4, -0.2) is 16.9 Å². The molecule has 0 saturated carbocycles. The number of carbonyl (C=O) groups excluding carboxylic acids is 1. The maximum Gasteiger partial charge on any atom is 0.389 e. The maximum absolute atomic E-state index is 12.0. The van der Waals surface area contributed by atoms with Gasteiger partial charge in [0, 0.05) is 30.0 Å². The fourth-order valence-corrected chi connectivity index (χ4v) is 1.93. The first-order valence-electron chi connectivity index (χ1n) is 5.91. The number of pyridine rings is 1. The molecule has 5 heteroatoms. The third-order valence-corrected chi connectivity index (χ3v) is 2.81. The van der Waals surface area contributed by atoms with Gasteiger partial charge in [0.25, 0.3) is 0 Å². The predicted molar refractivity (Wildman–Crippen MR) is 66.0 cm³/mol. The number of carbonyl (C=O) groups is 1. The summed E-state index contributed by atoms with van der Waals surface area (Å²) in [4.78, 5) is 16.1. The molecular formula is C14H12F3NO. The normalized spacial score (nSPS) is 11.7. The summed E-state index contributed by atoms with van der Waals surface area (Å²) in [6.07, 6.45) is -3.81. The molecule has 0 unspecified atom stereocenters. The van der Waals surface area contributed by atoms with E-state index in [1.54, 1.807) is 36.5 Å². The zero-order chi connectivity index (χ0) is 13.9. The van der Waals surface area contributed by atoms with Crippen LogP contribution in [0.3, 0.4) is 0 Å². The van der Waals surface area contributed by atoms with Crippen LogP contribution >= 0.6 is 0 Å². The van der Waals surface area contributed by atoms with Gasteiger partial charge in [0.2, 0.25) is 0 Å². The molecule has 0 aliphatic carbocycles. The molecule has 19 heavy (non-hydrogen) atoms. The van der Waals surface area contributed by atoms with Gasteiger partial charge in [0.1, 0.15) is 0 Å². The first-order chi connectivity index (χ1) is 8.97. The standard InChI is InChI=1S/C14H12F3NO/c15-14(16,17)8-2-7-13(19)11-4-1-6-12-10(11)5-3-9-18-12/h1,3-6,9H,2,7-8H2. The molecule has 1 aromatic heterocycles. The molecular weight excluding hydrogens is 255 g/mol. The van der Waals surface area contributed by atoms with Crippen LogP contribution in [0.15, 0.2) is 36.5 Å². The molecule has 0 saturated heterocycles. The van der Waals surface area contributed by atoms with E-state index in [-0.39, 0.29) is 18.6 Å². The SMILES string of the molecule is O=C(CCCC(F)(F)F)c1cccc2ncccc12. The van der Waals surface area contributed by atoms with E-state index in [0.717, 1.165) is 0 Å². The Bertz CT molecular complexity index is 587. The Hall–Kier alpha value is -1.91. The number of ketones is 1. The Kier molecular flexibility index (Phi) is 3.83. The molecule has 0 radical (unpaired) electrons. The van der Waals surface area contributed by atoms with Crippen molar-refractivity contribution in [2.75, 3.05) is 0 Å². The summed E-state index contributed by atoms with van der Waals surface area (Å²) in [6, 6.07) is 8.53. The number of rotatable bonds is 4. The average molecular weight is 267 g/mol. The number of fused-ring (bicyclic) bond motifs is 1. The van der Waals surface area contributed by atoms with Crippen LogP contribution in [0.4, 0.5) is 13.2 Å². The fourth-order valence-electron chi connectivity index (χ4n) is 1.93. The molecule has 0 atom stereocenters. The molecule has 0 spiro atoms. The zero-order valence-corrected chi connectivity index (χ0v) is 10.1. The summed E-state index contributed by atoms with van der Waals surface area (Å²) in [5, 5.41) is 0.682. The van der Waals surface area contributed by atoms with Crippen molar-refractivity contribution in [3.05, 3.63) is 42.1 Å². The zero-order valence-electron chi connectivity index (χ0n) is 10.1. The van der Waals surface area contributed by atoms with E-state index in [1.165, 1.54) is 0 Å².